The van der Waals surface area contributed by atoms with E-state index in [1.54, 1.807) is 19.2 Å². The van der Waals surface area contributed by atoms with E-state index in [1.165, 1.54) is 0 Å². The molecule has 0 aliphatic carbocycles. The molecule has 1 rings (SSSR count). The van der Waals surface area contributed by atoms with E-state index in [9.17, 15) is 4.79 Å². The van der Waals surface area contributed by atoms with Crippen molar-refractivity contribution in [1.29, 1.82) is 0 Å². The second-order valence-electron chi connectivity index (χ2n) is 3.70. The maximum atomic E-state index is 11.9. The van der Waals surface area contributed by atoms with Crippen molar-refractivity contribution in [3.05, 3.63) is 29.8 Å². The Hall–Kier alpha value is -1.59. The molecule has 1 aromatic carbocycles. The lowest BCUT2D eigenvalue weighted by atomic mass is 10.2. The maximum Gasteiger partial charge on any atom is 0.255 e. The fourth-order valence-electron chi connectivity index (χ4n) is 1.41. The molecule has 0 aliphatic rings. The molecular weight excluding hydrogens is 232 g/mol. The molecule has 1 aromatic rings. The quantitative estimate of drug-likeness (QED) is 0.667. The molecular formula is C13H20N2O3. The Bertz CT molecular complexity index is 369. The number of para-hydroxylation sites is 1. The predicted octanol–water partition coefficient (Wildman–Crippen LogP) is 0.661. The highest BCUT2D eigenvalue weighted by atomic mass is 16.5. The summed E-state index contributed by atoms with van der Waals surface area (Å²) in [6, 6.07) is 7.18. The van der Waals surface area contributed by atoms with Gasteiger partial charge in [0.25, 0.3) is 5.91 Å². The number of rotatable bonds is 8. The van der Waals surface area contributed by atoms with Crippen LogP contribution in [0.1, 0.15) is 10.4 Å². The first-order chi connectivity index (χ1) is 8.79. The molecule has 2 N–H and O–H groups in total. The van der Waals surface area contributed by atoms with E-state index in [2.05, 4.69) is 10.6 Å². The molecule has 0 saturated carbocycles. The zero-order valence-electron chi connectivity index (χ0n) is 10.9. The van der Waals surface area contributed by atoms with Gasteiger partial charge in [-0.2, -0.15) is 0 Å². The van der Waals surface area contributed by atoms with Crippen molar-refractivity contribution in [2.24, 2.45) is 0 Å². The Morgan fingerprint density at radius 2 is 2.00 bits per heavy atom. The number of likely N-dealkylation sites (N-methyl/N-ethyl adjacent to an activating group) is 1. The normalized spacial score (nSPS) is 10.1. The second-order valence-corrected chi connectivity index (χ2v) is 3.70. The number of hydrogen-bond acceptors (Lipinski definition) is 4. The monoisotopic (exact) mass is 252 g/mol. The van der Waals surface area contributed by atoms with E-state index < -0.39 is 0 Å². The van der Waals surface area contributed by atoms with E-state index in [0.29, 0.717) is 31.1 Å². The summed E-state index contributed by atoms with van der Waals surface area (Å²) < 4.78 is 10.4. The zero-order chi connectivity index (χ0) is 13.2. The summed E-state index contributed by atoms with van der Waals surface area (Å²) in [6.45, 7) is 2.24. The molecule has 0 atom stereocenters. The average molecular weight is 252 g/mol. The van der Waals surface area contributed by atoms with Crippen LogP contribution in [0.5, 0.6) is 5.75 Å². The lowest BCUT2D eigenvalue weighted by Crippen LogP contribution is -2.30. The van der Waals surface area contributed by atoms with Gasteiger partial charge in [0, 0.05) is 20.2 Å². The third-order valence-electron chi connectivity index (χ3n) is 2.34. The summed E-state index contributed by atoms with van der Waals surface area (Å²) >= 11 is 0. The number of carbonyl (C=O) groups excluding carboxylic acids is 1. The van der Waals surface area contributed by atoms with E-state index >= 15 is 0 Å². The van der Waals surface area contributed by atoms with Crippen molar-refractivity contribution in [3.63, 3.8) is 0 Å². The number of carbonyl (C=O) groups is 1. The summed E-state index contributed by atoms with van der Waals surface area (Å²) in [5.41, 5.74) is 0.546. The average Bonchev–Trinajstić information content (AvgIpc) is 2.40. The molecule has 5 heteroatoms. The molecule has 0 aliphatic heterocycles. The molecule has 0 unspecified atom stereocenters. The molecule has 1 amide bonds. The van der Waals surface area contributed by atoms with Crippen LogP contribution in [-0.2, 0) is 4.74 Å². The van der Waals surface area contributed by atoms with E-state index in [4.69, 9.17) is 9.47 Å². The number of ether oxygens (including phenoxy) is 2. The summed E-state index contributed by atoms with van der Waals surface area (Å²) in [4.78, 5) is 11.9. The van der Waals surface area contributed by atoms with Crippen LogP contribution in [0.4, 0.5) is 0 Å². The molecule has 0 fully saturated rings. The number of nitrogens with one attached hydrogen (secondary N) is 2. The highest BCUT2D eigenvalue weighted by Crippen LogP contribution is 2.17. The van der Waals surface area contributed by atoms with Gasteiger partial charge in [-0.25, -0.2) is 0 Å². The highest BCUT2D eigenvalue weighted by Gasteiger charge is 2.10. The highest BCUT2D eigenvalue weighted by molar-refractivity contribution is 5.96. The minimum absolute atomic E-state index is 0.127. The third kappa shape index (κ3) is 4.73. The Morgan fingerprint density at radius 1 is 1.22 bits per heavy atom. The van der Waals surface area contributed by atoms with Gasteiger partial charge < -0.3 is 20.1 Å². The topological polar surface area (TPSA) is 59.6 Å². The standard InChI is InChI=1S/C13H20N2O3/c1-14-7-8-15-13(16)11-5-3-4-6-12(11)18-10-9-17-2/h3-6,14H,7-10H2,1-2H3,(H,15,16). The van der Waals surface area contributed by atoms with Gasteiger partial charge in [-0.3, -0.25) is 4.79 Å². The molecule has 0 radical (unpaired) electrons. The predicted molar refractivity (Wildman–Crippen MR) is 70.1 cm³/mol. The number of methoxy groups -OCH3 is 1. The van der Waals surface area contributed by atoms with Crippen LogP contribution < -0.4 is 15.4 Å². The zero-order valence-corrected chi connectivity index (χ0v) is 10.9. The number of benzene rings is 1. The SMILES string of the molecule is CNCCNC(=O)c1ccccc1OCCOC. The Kier molecular flexibility index (Phi) is 6.83. The van der Waals surface area contributed by atoms with Gasteiger partial charge in [-0.05, 0) is 19.2 Å². The van der Waals surface area contributed by atoms with Gasteiger partial charge in [0.05, 0.1) is 12.2 Å². The fourth-order valence-corrected chi connectivity index (χ4v) is 1.41. The summed E-state index contributed by atoms with van der Waals surface area (Å²) in [7, 11) is 3.45. The summed E-state index contributed by atoms with van der Waals surface area (Å²) in [6.07, 6.45) is 0. The molecule has 0 saturated heterocycles. The first kappa shape index (κ1) is 14.5. The van der Waals surface area contributed by atoms with Gasteiger partial charge in [-0.1, -0.05) is 12.1 Å². The molecule has 0 heterocycles. The lowest BCUT2D eigenvalue weighted by molar-refractivity contribution is 0.0946. The van der Waals surface area contributed by atoms with Crippen LogP contribution >= 0.6 is 0 Å². The molecule has 18 heavy (non-hydrogen) atoms. The van der Waals surface area contributed by atoms with Crippen molar-refractivity contribution >= 4 is 5.91 Å². The summed E-state index contributed by atoms with van der Waals surface area (Å²) in [5, 5.41) is 5.79. The third-order valence-corrected chi connectivity index (χ3v) is 2.34. The number of hydrogen-bond donors (Lipinski definition) is 2. The van der Waals surface area contributed by atoms with Crippen molar-refractivity contribution in [2.75, 3.05) is 40.5 Å². The smallest absolute Gasteiger partial charge is 0.255 e. The van der Waals surface area contributed by atoms with Gasteiger partial charge in [-0.15, -0.1) is 0 Å². The first-order valence-corrected chi connectivity index (χ1v) is 5.93. The van der Waals surface area contributed by atoms with Gasteiger partial charge >= 0.3 is 0 Å². The van der Waals surface area contributed by atoms with Crippen molar-refractivity contribution in [3.8, 4) is 5.75 Å². The molecule has 0 bridgehead atoms. The molecule has 0 aromatic heterocycles. The summed E-state index contributed by atoms with van der Waals surface area (Å²) in [5.74, 6) is 0.453. The number of amides is 1. The van der Waals surface area contributed by atoms with Gasteiger partial charge in [0.2, 0.25) is 0 Å². The van der Waals surface area contributed by atoms with Crippen LogP contribution in [0.15, 0.2) is 24.3 Å². The van der Waals surface area contributed by atoms with Gasteiger partial charge in [0.15, 0.2) is 0 Å². The van der Waals surface area contributed by atoms with Crippen LogP contribution in [-0.4, -0.2) is 46.4 Å². The minimum Gasteiger partial charge on any atom is -0.490 e. The van der Waals surface area contributed by atoms with Crippen LogP contribution in [0.3, 0.4) is 0 Å². The molecule has 5 nitrogen and oxygen atoms in total. The van der Waals surface area contributed by atoms with Crippen LogP contribution in [0.2, 0.25) is 0 Å². The van der Waals surface area contributed by atoms with Crippen molar-refractivity contribution < 1.29 is 14.3 Å². The van der Waals surface area contributed by atoms with E-state index in [-0.39, 0.29) is 5.91 Å². The van der Waals surface area contributed by atoms with E-state index in [0.717, 1.165) is 6.54 Å². The van der Waals surface area contributed by atoms with Crippen molar-refractivity contribution in [2.45, 2.75) is 0 Å². The van der Waals surface area contributed by atoms with Crippen molar-refractivity contribution in [1.82, 2.24) is 10.6 Å². The maximum absolute atomic E-state index is 11.9. The minimum atomic E-state index is -0.127. The second kappa shape index (κ2) is 8.49. The Labute approximate surface area is 107 Å². The largest absolute Gasteiger partial charge is 0.490 e. The van der Waals surface area contributed by atoms with Gasteiger partial charge in [0.1, 0.15) is 12.4 Å². The Balaban J connectivity index is 2.59. The fraction of sp³-hybridized carbons (Fsp3) is 0.462. The molecule has 0 spiro atoms. The van der Waals surface area contributed by atoms with Crippen LogP contribution in [0.25, 0.3) is 0 Å². The first-order valence-electron chi connectivity index (χ1n) is 5.93. The van der Waals surface area contributed by atoms with E-state index in [1.807, 2.05) is 19.2 Å². The lowest BCUT2D eigenvalue weighted by Gasteiger charge is -2.11. The molecule has 100 valence electrons. The Morgan fingerprint density at radius 3 is 2.72 bits per heavy atom. The van der Waals surface area contributed by atoms with Crippen LogP contribution in [0, 0.1) is 0 Å².